The number of ether oxygens (including phenoxy) is 3. The topological polar surface area (TPSA) is 244 Å². The van der Waals surface area contributed by atoms with Crippen molar-refractivity contribution in [1.82, 2.24) is 9.55 Å². The van der Waals surface area contributed by atoms with Crippen LogP contribution in [-0.2, 0) is 64.2 Å². The highest BCUT2D eigenvalue weighted by molar-refractivity contribution is 7.67. The number of rotatable bonds is 13. The number of nitrogens with one attached hydrogen (secondary N) is 1. The first-order chi connectivity index (χ1) is 18.5. The van der Waals surface area contributed by atoms with Crippen molar-refractivity contribution in [1.29, 1.82) is 0 Å². The molecule has 0 spiro atoms. The molecule has 1 saturated carbocycles. The molecule has 1 aromatic heterocycles. The van der Waals surface area contributed by atoms with E-state index in [9.17, 15) is 37.8 Å². The van der Waals surface area contributed by atoms with Crippen molar-refractivity contribution in [3.8, 4) is 0 Å². The second-order valence-electron chi connectivity index (χ2n) is 8.45. The molecule has 8 atom stereocenters. The van der Waals surface area contributed by atoms with E-state index in [1.165, 1.54) is 6.92 Å². The highest BCUT2D eigenvalue weighted by atomic mass is 31.3. The lowest BCUT2D eigenvalue weighted by Gasteiger charge is -2.30. The van der Waals surface area contributed by atoms with Crippen molar-refractivity contribution in [2.24, 2.45) is 5.41 Å². The third-order valence-electron chi connectivity index (χ3n) is 5.86. The van der Waals surface area contributed by atoms with Crippen LogP contribution in [0.2, 0.25) is 0 Å². The lowest BCUT2D eigenvalue weighted by Crippen LogP contribution is -2.44. The van der Waals surface area contributed by atoms with Crippen LogP contribution in [0.1, 0.15) is 25.6 Å². The number of hydrogen-bond donors (Lipinski definition) is 2. The first-order valence-corrected chi connectivity index (χ1v) is 15.5. The molecule has 1 aromatic rings. The monoisotopic (exact) mass is 636 g/mol. The van der Waals surface area contributed by atoms with Crippen LogP contribution in [0.25, 0.3) is 0 Å². The fourth-order valence-electron chi connectivity index (χ4n) is 3.96. The molecule has 40 heavy (non-hydrogen) atoms. The Labute approximate surface area is 225 Å². The zero-order valence-electron chi connectivity index (χ0n) is 21.9. The largest absolute Gasteiger partial charge is 0.492 e. The summed E-state index contributed by atoms with van der Waals surface area (Å²) < 4.78 is 83.1. The summed E-state index contributed by atoms with van der Waals surface area (Å²) in [5.74, 6) is -1.63. The Bertz CT molecular complexity index is 1420. The number of aromatic nitrogens is 2. The number of fused-ring (bicyclic) bond motifs is 1. The number of esters is 2. The highest BCUT2D eigenvalue weighted by Gasteiger charge is 2.81. The maximum Gasteiger partial charge on any atom is 0.492 e. The number of H-pyrrole nitrogens is 1. The minimum Gasteiger partial charge on any atom is -0.465 e. The Morgan fingerprint density at radius 3 is 2.17 bits per heavy atom. The third kappa shape index (κ3) is 6.55. The van der Waals surface area contributed by atoms with Crippen molar-refractivity contribution in [3.05, 3.63) is 32.6 Å². The van der Waals surface area contributed by atoms with Crippen LogP contribution in [0.15, 0.2) is 15.8 Å². The van der Waals surface area contributed by atoms with Gasteiger partial charge in [0.15, 0.2) is 12.3 Å². The minimum atomic E-state index is -5.14. The van der Waals surface area contributed by atoms with Gasteiger partial charge in [-0.1, -0.05) is 0 Å². The van der Waals surface area contributed by atoms with E-state index in [0.717, 1.165) is 45.9 Å². The van der Waals surface area contributed by atoms with Gasteiger partial charge >= 0.3 is 41.1 Å². The zero-order valence-corrected chi connectivity index (χ0v) is 24.5. The molecule has 1 saturated heterocycles. The van der Waals surface area contributed by atoms with Gasteiger partial charge in [0.25, 0.3) is 5.56 Å². The van der Waals surface area contributed by atoms with Crippen LogP contribution >= 0.6 is 23.5 Å². The summed E-state index contributed by atoms with van der Waals surface area (Å²) in [4.78, 5) is 59.7. The Kier molecular flexibility index (Phi) is 9.51. The van der Waals surface area contributed by atoms with Gasteiger partial charge < -0.3 is 19.1 Å². The molecule has 22 heteroatoms. The lowest BCUT2D eigenvalue weighted by atomic mass is 9.98. The molecule has 2 heterocycles. The SMILES string of the molecule is COP(=O)(O)OP(=O)(OC)OP(=O)(OC)OC1[C@H]2O[C@@H](n3cc(C)c(=O)[nH]c3=O)[C@H](OC(C)=O)[C@@]12COC(C)=O. The molecule has 2 fully saturated rings. The van der Waals surface area contributed by atoms with Crippen molar-refractivity contribution < 1.29 is 69.1 Å². The van der Waals surface area contributed by atoms with Gasteiger partial charge in [0.1, 0.15) is 24.2 Å². The number of hydrogen-bond acceptors (Lipinski definition) is 16. The fourth-order valence-corrected chi connectivity index (χ4v) is 8.23. The molecular weight excluding hydrogens is 609 g/mol. The number of carbonyl (C=O) groups excluding carboxylic acids is 2. The summed E-state index contributed by atoms with van der Waals surface area (Å²) in [6.07, 6.45) is -4.35. The van der Waals surface area contributed by atoms with Gasteiger partial charge in [-0.3, -0.25) is 42.0 Å². The van der Waals surface area contributed by atoms with Crippen LogP contribution in [0.3, 0.4) is 0 Å². The molecule has 0 aromatic carbocycles. The van der Waals surface area contributed by atoms with Gasteiger partial charge in [-0.15, -0.1) is 0 Å². The van der Waals surface area contributed by atoms with Gasteiger partial charge in [-0.2, -0.15) is 8.62 Å². The third-order valence-corrected chi connectivity index (χ3v) is 10.9. The molecule has 4 unspecified atom stereocenters. The zero-order chi connectivity index (χ0) is 30.3. The van der Waals surface area contributed by atoms with Crippen LogP contribution in [0.5, 0.6) is 0 Å². The first-order valence-electron chi connectivity index (χ1n) is 11.1. The maximum atomic E-state index is 13.3. The van der Waals surface area contributed by atoms with Crippen LogP contribution in [0, 0.1) is 12.3 Å². The van der Waals surface area contributed by atoms with E-state index in [0.29, 0.717) is 0 Å². The number of phosphoric acid groups is 3. The predicted octanol–water partition coefficient (Wildman–Crippen LogP) is 0.911. The number of phosphoric ester groups is 2. The minimum absolute atomic E-state index is 0.108. The summed E-state index contributed by atoms with van der Waals surface area (Å²) in [6, 6.07) is 0. The average molecular weight is 636 g/mol. The molecular formula is C18H27N2O17P3. The van der Waals surface area contributed by atoms with E-state index in [2.05, 4.69) is 18.3 Å². The van der Waals surface area contributed by atoms with Gasteiger partial charge in [0.2, 0.25) is 0 Å². The molecule has 1 aliphatic carbocycles. The van der Waals surface area contributed by atoms with Crippen molar-refractivity contribution >= 4 is 35.4 Å². The second kappa shape index (κ2) is 11.7. The van der Waals surface area contributed by atoms with E-state index >= 15 is 0 Å². The van der Waals surface area contributed by atoms with Crippen LogP contribution in [0.4, 0.5) is 0 Å². The van der Waals surface area contributed by atoms with Crippen molar-refractivity contribution in [3.63, 3.8) is 0 Å². The van der Waals surface area contributed by atoms with Gasteiger partial charge in [-0.25, -0.2) is 18.5 Å². The summed E-state index contributed by atoms with van der Waals surface area (Å²) in [6.45, 7) is 2.96. The molecule has 0 radical (unpaired) electrons. The fraction of sp³-hybridized carbons (Fsp3) is 0.667. The summed E-state index contributed by atoms with van der Waals surface area (Å²) in [5.41, 5.74) is -3.13. The normalized spacial score (nSPS) is 29.9. The van der Waals surface area contributed by atoms with Gasteiger partial charge in [0, 0.05) is 46.9 Å². The number of aromatic amines is 1. The smallest absolute Gasteiger partial charge is 0.465 e. The van der Waals surface area contributed by atoms with Gasteiger partial charge in [0.05, 0.1) is 0 Å². The maximum absolute atomic E-state index is 13.3. The predicted molar refractivity (Wildman–Crippen MR) is 128 cm³/mol. The number of nitrogens with zero attached hydrogens (tertiary/aromatic N) is 1. The molecule has 226 valence electrons. The Morgan fingerprint density at radius 2 is 1.65 bits per heavy atom. The molecule has 2 aliphatic rings. The summed E-state index contributed by atoms with van der Waals surface area (Å²) >= 11 is 0. The van der Waals surface area contributed by atoms with Crippen LogP contribution < -0.4 is 11.2 Å². The molecule has 2 N–H and O–H groups in total. The highest BCUT2D eigenvalue weighted by Crippen LogP contribution is 2.74. The lowest BCUT2D eigenvalue weighted by molar-refractivity contribution is -0.165. The first kappa shape index (κ1) is 32.5. The van der Waals surface area contributed by atoms with E-state index < -0.39 is 83.2 Å². The average Bonchev–Trinajstić information content (AvgIpc) is 3.32. The van der Waals surface area contributed by atoms with Crippen LogP contribution in [-0.4, -0.2) is 72.6 Å². The molecule has 3 rings (SSSR count). The van der Waals surface area contributed by atoms with Crippen molar-refractivity contribution in [2.75, 3.05) is 27.9 Å². The van der Waals surface area contributed by atoms with E-state index in [4.69, 9.17) is 27.6 Å². The molecule has 0 bridgehead atoms. The van der Waals surface area contributed by atoms with Crippen molar-refractivity contribution in [2.45, 2.75) is 45.3 Å². The van der Waals surface area contributed by atoms with Gasteiger partial charge in [-0.05, 0) is 6.92 Å². The Morgan fingerprint density at radius 1 is 1.02 bits per heavy atom. The number of aryl methyl sites for hydroxylation is 1. The molecule has 0 amide bonds. The molecule has 1 aliphatic heterocycles. The Hall–Kier alpha value is -2.01. The second-order valence-corrected chi connectivity index (χ2v) is 13.8. The standard InChI is InChI=1S/C18H27N2O17P3/c1-9-7-20(17(24)19-15(9)23)16-14(33-11(3)22)18(8-32-10(2)21)12(34-16)13(18)35-39(27,30-5)37-40(28,31-6)36-38(25,26)29-4/h7,12-14,16H,8H2,1-6H3,(H,25,26)(H,19,23,24)/t12-,13?,14+,16-,18-,39?,40?/m1/s1. The summed E-state index contributed by atoms with van der Waals surface area (Å²) in [5, 5.41) is 0. The Balaban J connectivity index is 2.00. The van der Waals surface area contributed by atoms with E-state index in [1.54, 1.807) is 0 Å². The molecule has 19 nitrogen and oxygen atoms in total. The number of carbonyl (C=O) groups is 2. The quantitative estimate of drug-likeness (QED) is 0.226. The summed E-state index contributed by atoms with van der Waals surface area (Å²) in [7, 11) is -12.9. The van der Waals surface area contributed by atoms with E-state index in [-0.39, 0.29) is 5.56 Å². The van der Waals surface area contributed by atoms with E-state index in [1.807, 2.05) is 0 Å².